The third kappa shape index (κ3) is 5.65. The van der Waals surface area contributed by atoms with Crippen molar-refractivity contribution < 1.29 is 18.7 Å². The van der Waals surface area contributed by atoms with Crippen molar-refractivity contribution in [2.45, 2.75) is 45.4 Å². The summed E-state index contributed by atoms with van der Waals surface area (Å²) in [5.74, 6) is -1.34. The van der Waals surface area contributed by atoms with Crippen LogP contribution >= 0.6 is 0 Å². The molecule has 11 nitrogen and oxygen atoms in total. The number of ether oxygens (including phenoxy) is 2. The molecule has 0 aliphatic heterocycles. The Morgan fingerprint density at radius 1 is 1.12 bits per heavy atom. The van der Waals surface area contributed by atoms with Crippen LogP contribution < -0.4 is 16.2 Å². The fourth-order valence-corrected chi connectivity index (χ4v) is 5.01. The lowest BCUT2D eigenvalue weighted by molar-refractivity contribution is 0.0812. The van der Waals surface area contributed by atoms with E-state index in [1.807, 2.05) is 25.3 Å². The molecule has 4 aromatic heterocycles. The first-order chi connectivity index (χ1) is 19.0. The molecule has 1 aromatic carbocycles. The lowest BCUT2D eigenvalue weighted by atomic mass is 10.1. The molecule has 5 aromatic rings. The summed E-state index contributed by atoms with van der Waals surface area (Å²) in [4.78, 5) is 20.8. The topological polar surface area (TPSA) is 149 Å². The highest BCUT2D eigenvalue weighted by molar-refractivity contribution is 6.76. The van der Waals surface area contributed by atoms with Gasteiger partial charge in [-0.05, 0) is 37.2 Å². The molecule has 0 radical (unpaired) electrons. The van der Waals surface area contributed by atoms with Crippen molar-refractivity contribution in [2.75, 3.05) is 12.3 Å². The molecule has 5 rings (SSSR count). The maximum atomic E-state index is 14.3. The van der Waals surface area contributed by atoms with Gasteiger partial charge in [-0.3, -0.25) is 4.79 Å². The Kier molecular flexibility index (Phi) is 7.25. The number of hydrogen-bond donors (Lipinski definition) is 2. The predicted molar refractivity (Wildman–Crippen MR) is 152 cm³/mol. The SMILES string of the molecule is C[C@H](Oc1cc2cc(C(N)=O)c(F)cc2nc1N)c1nc2c(cnn2COCC[Si](C)(C)C)cc1-n1cccn1. The molecule has 4 heterocycles. The number of fused-ring (bicyclic) bond motifs is 2. The van der Waals surface area contributed by atoms with E-state index in [2.05, 4.69) is 34.8 Å². The second-order valence-corrected chi connectivity index (χ2v) is 16.4. The molecule has 0 saturated heterocycles. The van der Waals surface area contributed by atoms with Crippen LogP contribution in [0.2, 0.25) is 25.7 Å². The fraction of sp³-hybridized carbons (Fsp3) is 0.296. The average Bonchev–Trinajstić information content (AvgIpc) is 3.55. The number of carbonyl (C=O) groups excluding carboxylic acids is 1. The summed E-state index contributed by atoms with van der Waals surface area (Å²) in [5.41, 5.74) is 13.4. The van der Waals surface area contributed by atoms with Gasteiger partial charge in [0.2, 0.25) is 0 Å². The molecule has 0 aliphatic rings. The summed E-state index contributed by atoms with van der Waals surface area (Å²) in [6.07, 6.45) is 4.62. The van der Waals surface area contributed by atoms with Gasteiger partial charge in [-0.1, -0.05) is 19.6 Å². The highest BCUT2D eigenvalue weighted by Crippen LogP contribution is 2.33. The molecule has 0 unspecified atom stereocenters. The number of rotatable bonds is 10. The second-order valence-electron chi connectivity index (χ2n) is 10.8. The number of nitrogens with zero attached hydrogens (tertiary/aromatic N) is 6. The first kappa shape index (κ1) is 27.2. The number of primary amides is 1. The molecule has 0 fully saturated rings. The van der Waals surface area contributed by atoms with Crippen LogP contribution in [0.5, 0.6) is 5.75 Å². The van der Waals surface area contributed by atoms with E-state index in [1.165, 1.54) is 6.07 Å². The maximum absolute atomic E-state index is 14.3. The average molecular weight is 563 g/mol. The summed E-state index contributed by atoms with van der Waals surface area (Å²) in [6.45, 7) is 9.67. The number of nitrogens with two attached hydrogens (primary N) is 2. The lowest BCUT2D eigenvalue weighted by Crippen LogP contribution is -2.22. The fourth-order valence-electron chi connectivity index (χ4n) is 4.25. The Balaban J connectivity index is 1.50. The van der Waals surface area contributed by atoms with Crippen molar-refractivity contribution in [2.24, 2.45) is 5.73 Å². The molecule has 0 saturated carbocycles. The highest BCUT2D eigenvalue weighted by atomic mass is 28.3. The summed E-state index contributed by atoms with van der Waals surface area (Å²) in [5, 5.41) is 10.1. The molecule has 0 bridgehead atoms. The van der Waals surface area contributed by atoms with Crippen LogP contribution in [0.4, 0.5) is 10.2 Å². The number of anilines is 1. The van der Waals surface area contributed by atoms with Gasteiger partial charge in [0, 0.05) is 43.9 Å². The van der Waals surface area contributed by atoms with E-state index in [0.29, 0.717) is 29.0 Å². The molecule has 0 spiro atoms. The second kappa shape index (κ2) is 10.7. The number of pyridine rings is 2. The molecule has 40 heavy (non-hydrogen) atoms. The van der Waals surface area contributed by atoms with Crippen molar-refractivity contribution >= 4 is 41.7 Å². The molecule has 1 amide bonds. The van der Waals surface area contributed by atoms with Crippen molar-refractivity contribution in [1.82, 2.24) is 29.5 Å². The van der Waals surface area contributed by atoms with Gasteiger partial charge in [0.25, 0.3) is 5.91 Å². The van der Waals surface area contributed by atoms with E-state index < -0.39 is 25.9 Å². The summed E-state index contributed by atoms with van der Waals surface area (Å²) in [6, 6.07) is 8.86. The first-order valence-electron chi connectivity index (χ1n) is 12.8. The van der Waals surface area contributed by atoms with E-state index in [1.54, 1.807) is 27.8 Å². The Morgan fingerprint density at radius 3 is 2.62 bits per heavy atom. The number of amides is 1. The van der Waals surface area contributed by atoms with Crippen LogP contribution in [0.1, 0.15) is 29.1 Å². The number of hydrogen-bond acceptors (Lipinski definition) is 8. The minimum atomic E-state index is -1.22. The number of benzene rings is 1. The highest BCUT2D eigenvalue weighted by Gasteiger charge is 2.22. The number of aromatic nitrogens is 6. The molecule has 4 N–H and O–H groups in total. The zero-order chi connectivity index (χ0) is 28.6. The van der Waals surface area contributed by atoms with E-state index in [0.717, 1.165) is 17.5 Å². The van der Waals surface area contributed by atoms with Crippen LogP contribution in [0, 0.1) is 5.82 Å². The molecule has 13 heteroatoms. The summed E-state index contributed by atoms with van der Waals surface area (Å²) >= 11 is 0. The zero-order valence-corrected chi connectivity index (χ0v) is 23.8. The molecule has 0 aliphatic carbocycles. The van der Waals surface area contributed by atoms with Crippen LogP contribution in [0.25, 0.3) is 27.6 Å². The summed E-state index contributed by atoms with van der Waals surface area (Å²) in [7, 11) is -1.22. The monoisotopic (exact) mass is 562 g/mol. The number of nitrogen functional groups attached to an aromatic ring is 1. The first-order valence-corrected chi connectivity index (χ1v) is 16.5. The quantitative estimate of drug-likeness (QED) is 0.187. The van der Waals surface area contributed by atoms with E-state index in [9.17, 15) is 9.18 Å². The Bertz CT molecular complexity index is 1700. The minimum absolute atomic E-state index is 0.0631. The molecule has 1 atom stereocenters. The van der Waals surface area contributed by atoms with Crippen LogP contribution in [-0.2, 0) is 11.5 Å². The largest absolute Gasteiger partial charge is 0.480 e. The third-order valence-electron chi connectivity index (χ3n) is 6.43. The minimum Gasteiger partial charge on any atom is -0.480 e. The van der Waals surface area contributed by atoms with Gasteiger partial charge in [-0.25, -0.2) is 23.7 Å². The lowest BCUT2D eigenvalue weighted by Gasteiger charge is -2.19. The molecule has 208 valence electrons. The van der Waals surface area contributed by atoms with Crippen molar-refractivity contribution in [1.29, 1.82) is 0 Å². The van der Waals surface area contributed by atoms with E-state index >= 15 is 0 Å². The number of carbonyl (C=O) groups is 1. The Morgan fingerprint density at radius 2 is 1.93 bits per heavy atom. The van der Waals surface area contributed by atoms with E-state index in [4.69, 9.17) is 25.9 Å². The van der Waals surface area contributed by atoms with Gasteiger partial charge < -0.3 is 20.9 Å². The van der Waals surface area contributed by atoms with Gasteiger partial charge in [-0.15, -0.1) is 0 Å². The van der Waals surface area contributed by atoms with Gasteiger partial charge in [-0.2, -0.15) is 10.2 Å². The smallest absolute Gasteiger partial charge is 0.251 e. The van der Waals surface area contributed by atoms with Gasteiger partial charge >= 0.3 is 0 Å². The van der Waals surface area contributed by atoms with Gasteiger partial charge in [0.05, 0.1) is 23.0 Å². The number of halogens is 1. The zero-order valence-electron chi connectivity index (χ0n) is 22.8. The summed E-state index contributed by atoms with van der Waals surface area (Å²) < 4.78 is 29.8. The van der Waals surface area contributed by atoms with Crippen molar-refractivity contribution in [3.8, 4) is 11.4 Å². The molecular weight excluding hydrogens is 531 g/mol. The van der Waals surface area contributed by atoms with Crippen LogP contribution in [0.3, 0.4) is 0 Å². The third-order valence-corrected chi connectivity index (χ3v) is 8.14. The normalized spacial score (nSPS) is 12.7. The molecular formula is C27H31FN8O3Si. The standard InChI is InChI=1S/C27H31FN8O3Si/c1-16(39-23-12-17-10-19(26(30)37)20(28)13-21(17)33-25(23)29)24-22(35-7-5-6-31-35)11-18-14-32-36(27(18)34-24)15-38-8-9-40(2,3)4/h5-7,10-14,16H,8-9,15H2,1-4H3,(H2,29,33)(H2,30,37)/t16-/m0/s1. The Hall–Kier alpha value is -4.36. The van der Waals surface area contributed by atoms with Gasteiger partial charge in [0.1, 0.15) is 24.3 Å². The predicted octanol–water partition coefficient (Wildman–Crippen LogP) is 4.44. The maximum Gasteiger partial charge on any atom is 0.251 e. The van der Waals surface area contributed by atoms with E-state index in [-0.39, 0.29) is 29.4 Å². The van der Waals surface area contributed by atoms with Crippen molar-refractivity contribution in [3.05, 3.63) is 66.0 Å². The van der Waals surface area contributed by atoms with Gasteiger partial charge in [0.15, 0.2) is 17.2 Å². The van der Waals surface area contributed by atoms with Crippen molar-refractivity contribution in [3.63, 3.8) is 0 Å². The van der Waals surface area contributed by atoms with Crippen LogP contribution in [0.15, 0.2) is 48.9 Å². The van der Waals surface area contributed by atoms with Crippen LogP contribution in [-0.4, -0.2) is 50.1 Å². The Labute approximate surface area is 230 Å².